The van der Waals surface area contributed by atoms with Crippen LogP contribution in [0.3, 0.4) is 0 Å². The third kappa shape index (κ3) is 4.28. The molecule has 0 atom stereocenters. The second-order valence-corrected chi connectivity index (χ2v) is 13.0. The normalized spacial score (nSPS) is 11.9. The summed E-state index contributed by atoms with van der Waals surface area (Å²) in [7, 11) is 0. The van der Waals surface area contributed by atoms with E-state index in [9.17, 15) is 0 Å². The lowest BCUT2D eigenvalue weighted by Gasteiger charge is -2.10. The minimum absolute atomic E-state index is 0.650. The number of fused-ring (bicyclic) bond motifs is 9. The summed E-state index contributed by atoms with van der Waals surface area (Å²) < 4.78 is 15.4. The second-order valence-electron chi connectivity index (χ2n) is 13.0. The first kappa shape index (κ1) is 27.9. The van der Waals surface area contributed by atoms with Crippen molar-refractivity contribution in [2.75, 3.05) is 0 Å². The Balaban J connectivity index is 1.08. The Hall–Kier alpha value is -6.98. The van der Waals surface area contributed by atoms with Gasteiger partial charge in [-0.05, 0) is 54.6 Å². The van der Waals surface area contributed by atoms with E-state index in [1.807, 2.05) is 48.5 Å². The standard InChI is InChI=1S/C46H27N3O2/c1-2-11-28(12-3-1)46-47-38(27-39(48-46)37-17-10-16-36-33-15-6-9-20-42(33)51-45(36)37)29-21-23-34-35-24-22-30(26-44(35)50-43(34)25-29)49-40-18-7-4-13-31(40)32-14-5-8-19-41(32)49/h1-27H. The maximum atomic E-state index is 6.63. The molecule has 0 spiro atoms. The maximum Gasteiger partial charge on any atom is 0.160 e. The van der Waals surface area contributed by atoms with Gasteiger partial charge in [0, 0.05) is 60.8 Å². The van der Waals surface area contributed by atoms with Crippen LogP contribution in [-0.2, 0) is 0 Å². The Bertz CT molecular complexity index is 3100. The van der Waals surface area contributed by atoms with Crippen LogP contribution in [-0.4, -0.2) is 14.5 Å². The van der Waals surface area contributed by atoms with Crippen molar-refractivity contribution in [3.63, 3.8) is 0 Å². The predicted molar refractivity (Wildman–Crippen MR) is 207 cm³/mol. The van der Waals surface area contributed by atoms with Gasteiger partial charge in [-0.2, -0.15) is 0 Å². The maximum absolute atomic E-state index is 6.63. The van der Waals surface area contributed by atoms with Crippen molar-refractivity contribution < 1.29 is 8.83 Å². The van der Waals surface area contributed by atoms with E-state index in [-0.39, 0.29) is 0 Å². The third-order valence-corrected chi connectivity index (χ3v) is 10.0. The molecule has 0 N–H and O–H groups in total. The van der Waals surface area contributed by atoms with Crippen molar-refractivity contribution in [1.29, 1.82) is 0 Å². The number of furan rings is 2. The second kappa shape index (κ2) is 10.8. The SMILES string of the molecule is c1ccc(-c2nc(-c3ccc4c(c3)oc3cc(-n5c6ccccc6c6ccccc65)ccc34)cc(-c3cccc4c3oc3ccccc34)n2)cc1. The van der Waals surface area contributed by atoms with E-state index >= 15 is 0 Å². The van der Waals surface area contributed by atoms with Gasteiger partial charge in [0.15, 0.2) is 5.82 Å². The average molecular weight is 654 g/mol. The first-order valence-electron chi connectivity index (χ1n) is 17.1. The first-order valence-corrected chi connectivity index (χ1v) is 17.1. The van der Waals surface area contributed by atoms with Crippen LogP contribution in [0.1, 0.15) is 0 Å². The quantitative estimate of drug-likeness (QED) is 0.190. The summed E-state index contributed by atoms with van der Waals surface area (Å²) in [4.78, 5) is 10.2. The van der Waals surface area contributed by atoms with Gasteiger partial charge in [0.25, 0.3) is 0 Å². The van der Waals surface area contributed by atoms with Gasteiger partial charge in [0.05, 0.1) is 22.4 Å². The van der Waals surface area contributed by atoms with Gasteiger partial charge in [-0.15, -0.1) is 0 Å². The summed E-state index contributed by atoms with van der Waals surface area (Å²) in [5.74, 6) is 0.650. The number of rotatable bonds is 4. The van der Waals surface area contributed by atoms with Crippen LogP contribution >= 0.6 is 0 Å². The molecule has 0 bridgehead atoms. The zero-order valence-electron chi connectivity index (χ0n) is 27.2. The summed E-state index contributed by atoms with van der Waals surface area (Å²) in [6.45, 7) is 0. The first-order chi connectivity index (χ1) is 25.3. The molecule has 4 aromatic heterocycles. The van der Waals surface area contributed by atoms with Crippen LogP contribution < -0.4 is 0 Å². The molecule has 0 saturated carbocycles. The van der Waals surface area contributed by atoms with Gasteiger partial charge in [-0.25, -0.2) is 9.97 Å². The van der Waals surface area contributed by atoms with Gasteiger partial charge >= 0.3 is 0 Å². The zero-order chi connectivity index (χ0) is 33.5. The number of hydrogen-bond donors (Lipinski definition) is 0. The van der Waals surface area contributed by atoms with E-state index in [0.29, 0.717) is 5.82 Å². The van der Waals surface area contributed by atoms with E-state index in [0.717, 1.165) is 77.6 Å². The molecule has 0 amide bonds. The van der Waals surface area contributed by atoms with Crippen LogP contribution in [0.25, 0.3) is 105 Å². The van der Waals surface area contributed by atoms with Gasteiger partial charge in [0.1, 0.15) is 22.3 Å². The molecule has 11 rings (SSSR count). The van der Waals surface area contributed by atoms with Crippen molar-refractivity contribution in [2.45, 2.75) is 0 Å². The molecule has 4 heterocycles. The molecule has 0 aliphatic carbocycles. The van der Waals surface area contributed by atoms with E-state index in [1.54, 1.807) is 0 Å². The van der Waals surface area contributed by atoms with Crippen molar-refractivity contribution in [3.05, 3.63) is 164 Å². The zero-order valence-corrected chi connectivity index (χ0v) is 27.2. The van der Waals surface area contributed by atoms with Crippen molar-refractivity contribution in [2.24, 2.45) is 0 Å². The summed E-state index contributed by atoms with van der Waals surface area (Å²) >= 11 is 0. The van der Waals surface area contributed by atoms with Gasteiger partial charge in [0.2, 0.25) is 0 Å². The van der Waals surface area contributed by atoms with Crippen LogP contribution in [0.5, 0.6) is 0 Å². The lowest BCUT2D eigenvalue weighted by molar-refractivity contribution is 0.668. The van der Waals surface area contributed by atoms with Crippen molar-refractivity contribution in [3.8, 4) is 39.6 Å². The van der Waals surface area contributed by atoms with E-state index < -0.39 is 0 Å². The highest BCUT2D eigenvalue weighted by molar-refractivity contribution is 6.11. The highest BCUT2D eigenvalue weighted by atomic mass is 16.3. The predicted octanol–water partition coefficient (Wildman–Crippen LogP) is 12.4. The van der Waals surface area contributed by atoms with Gasteiger partial charge in [-0.3, -0.25) is 0 Å². The molecule has 0 saturated heterocycles. The average Bonchev–Trinajstić information content (AvgIpc) is 3.87. The molecule has 238 valence electrons. The summed E-state index contributed by atoms with van der Waals surface area (Å²) in [5, 5.41) is 6.76. The molecule has 0 unspecified atom stereocenters. The summed E-state index contributed by atoms with van der Waals surface area (Å²) in [6, 6.07) is 56.6. The van der Waals surface area contributed by atoms with Crippen molar-refractivity contribution in [1.82, 2.24) is 14.5 Å². The Kier molecular flexibility index (Phi) is 5.89. The van der Waals surface area contributed by atoms with Gasteiger partial charge < -0.3 is 13.4 Å². The molecule has 11 aromatic rings. The molecule has 0 aliphatic rings. The highest BCUT2D eigenvalue weighted by Crippen LogP contribution is 2.39. The molecule has 7 aromatic carbocycles. The summed E-state index contributed by atoms with van der Waals surface area (Å²) in [6.07, 6.45) is 0. The smallest absolute Gasteiger partial charge is 0.160 e. The Morgan fingerprint density at radius 3 is 1.82 bits per heavy atom. The van der Waals surface area contributed by atoms with Crippen LogP contribution in [0, 0.1) is 0 Å². The molecular weight excluding hydrogens is 627 g/mol. The fourth-order valence-corrected chi connectivity index (χ4v) is 7.66. The third-order valence-electron chi connectivity index (χ3n) is 10.0. The number of para-hydroxylation sites is 4. The van der Waals surface area contributed by atoms with E-state index in [1.165, 1.54) is 21.8 Å². The van der Waals surface area contributed by atoms with Crippen LogP contribution in [0.15, 0.2) is 173 Å². The highest BCUT2D eigenvalue weighted by Gasteiger charge is 2.18. The lowest BCUT2D eigenvalue weighted by atomic mass is 10.0. The van der Waals surface area contributed by atoms with Crippen LogP contribution in [0.4, 0.5) is 0 Å². The number of aromatic nitrogens is 3. The number of benzene rings is 7. The molecular formula is C46H27N3O2. The van der Waals surface area contributed by atoms with E-state index in [2.05, 4.69) is 120 Å². The monoisotopic (exact) mass is 653 g/mol. The Morgan fingerprint density at radius 1 is 0.392 bits per heavy atom. The lowest BCUT2D eigenvalue weighted by Crippen LogP contribution is -1.96. The van der Waals surface area contributed by atoms with E-state index in [4.69, 9.17) is 18.8 Å². The number of hydrogen-bond acceptors (Lipinski definition) is 4. The molecule has 5 nitrogen and oxygen atoms in total. The molecule has 0 fully saturated rings. The van der Waals surface area contributed by atoms with Crippen molar-refractivity contribution >= 4 is 65.7 Å². The Morgan fingerprint density at radius 2 is 1.02 bits per heavy atom. The molecule has 0 radical (unpaired) electrons. The minimum atomic E-state index is 0.650. The minimum Gasteiger partial charge on any atom is -0.456 e. The van der Waals surface area contributed by atoms with Crippen LogP contribution in [0.2, 0.25) is 0 Å². The fourth-order valence-electron chi connectivity index (χ4n) is 7.66. The van der Waals surface area contributed by atoms with Gasteiger partial charge in [-0.1, -0.05) is 103 Å². The largest absolute Gasteiger partial charge is 0.456 e. The molecule has 51 heavy (non-hydrogen) atoms. The molecule has 5 heteroatoms. The summed E-state index contributed by atoms with van der Waals surface area (Å²) in [5.41, 5.74) is 11.1. The fraction of sp³-hybridized carbons (Fsp3) is 0. The molecule has 0 aliphatic heterocycles. The Labute approximate surface area is 291 Å². The topological polar surface area (TPSA) is 57.0 Å². The number of nitrogens with zero attached hydrogens (tertiary/aromatic N) is 3.